The van der Waals surface area contributed by atoms with Gasteiger partial charge in [0.1, 0.15) is 11.6 Å². The van der Waals surface area contributed by atoms with Gasteiger partial charge < -0.3 is 5.32 Å². The Labute approximate surface area is 151 Å². The van der Waals surface area contributed by atoms with Gasteiger partial charge >= 0.3 is 6.18 Å². The number of carbonyl (C=O) groups excluding carboxylic acids is 1. The Kier molecular flexibility index (Phi) is 5.60. The van der Waals surface area contributed by atoms with E-state index in [2.05, 4.69) is 5.32 Å². The first-order valence-electron chi connectivity index (χ1n) is 7.48. The van der Waals surface area contributed by atoms with Crippen molar-refractivity contribution in [1.29, 1.82) is 5.26 Å². The van der Waals surface area contributed by atoms with Crippen LogP contribution in [0.4, 0.5) is 24.5 Å². The van der Waals surface area contributed by atoms with Crippen LogP contribution in [-0.2, 0) is 11.0 Å². The largest absolute Gasteiger partial charge is 0.418 e. The van der Waals surface area contributed by atoms with Gasteiger partial charge in [-0.25, -0.2) is 0 Å². The van der Waals surface area contributed by atoms with E-state index in [0.29, 0.717) is 5.56 Å². The maximum atomic E-state index is 13.0. The van der Waals surface area contributed by atoms with Crippen molar-refractivity contribution in [3.63, 3.8) is 0 Å². The number of nitrogens with zero attached hydrogens (tertiary/aromatic N) is 2. The minimum atomic E-state index is -4.68. The summed E-state index contributed by atoms with van der Waals surface area (Å²) in [4.78, 5) is 22.6. The van der Waals surface area contributed by atoms with Crippen LogP contribution in [0.25, 0.3) is 6.08 Å². The van der Waals surface area contributed by atoms with Crippen molar-refractivity contribution < 1.29 is 22.9 Å². The highest BCUT2D eigenvalue weighted by Gasteiger charge is 2.33. The number of benzene rings is 2. The molecule has 2 rings (SSSR count). The molecule has 0 aliphatic heterocycles. The standard InChI is InChI=1S/C18H12F3N3O3/c1-11-6-7-12(9-16(11)24(26)27)8-13(10-22)17(25)23-15-5-3-2-4-14(15)18(19,20)21/h2-9H,1H3,(H,23,25)/b13-8+. The number of hydrogen-bond donors (Lipinski definition) is 1. The molecule has 1 amide bonds. The molecule has 0 aliphatic carbocycles. The van der Waals surface area contributed by atoms with Crippen LogP contribution in [0.5, 0.6) is 0 Å². The zero-order valence-corrected chi connectivity index (χ0v) is 13.9. The molecule has 0 bridgehead atoms. The Hall–Kier alpha value is -3.67. The number of amides is 1. The number of nitriles is 1. The lowest BCUT2D eigenvalue weighted by atomic mass is 10.1. The zero-order chi connectivity index (χ0) is 20.2. The topological polar surface area (TPSA) is 96.0 Å². The second-order valence-corrected chi connectivity index (χ2v) is 5.47. The lowest BCUT2D eigenvalue weighted by Gasteiger charge is -2.13. The summed E-state index contributed by atoms with van der Waals surface area (Å²) >= 11 is 0. The van der Waals surface area contributed by atoms with Gasteiger partial charge in [0, 0.05) is 11.6 Å². The first-order valence-corrected chi connectivity index (χ1v) is 7.48. The summed E-state index contributed by atoms with van der Waals surface area (Å²) in [7, 11) is 0. The van der Waals surface area contributed by atoms with Gasteiger partial charge in [-0.1, -0.05) is 24.3 Å². The summed E-state index contributed by atoms with van der Waals surface area (Å²) in [5.74, 6) is -1.06. The number of anilines is 1. The molecule has 0 fully saturated rings. The van der Waals surface area contributed by atoms with Crippen LogP contribution in [0.15, 0.2) is 48.0 Å². The second kappa shape index (κ2) is 7.70. The molecular weight excluding hydrogens is 363 g/mol. The monoisotopic (exact) mass is 375 g/mol. The number of para-hydroxylation sites is 1. The van der Waals surface area contributed by atoms with Gasteiger partial charge in [0.25, 0.3) is 11.6 Å². The van der Waals surface area contributed by atoms with E-state index in [1.54, 1.807) is 6.07 Å². The molecule has 0 radical (unpaired) electrons. The van der Waals surface area contributed by atoms with Crippen LogP contribution < -0.4 is 5.32 Å². The average molecular weight is 375 g/mol. The fourth-order valence-electron chi connectivity index (χ4n) is 2.26. The van der Waals surface area contributed by atoms with Gasteiger partial charge in [-0.2, -0.15) is 18.4 Å². The van der Waals surface area contributed by atoms with E-state index in [0.717, 1.165) is 18.2 Å². The summed E-state index contributed by atoms with van der Waals surface area (Å²) in [5.41, 5.74) is -1.66. The Morgan fingerprint density at radius 3 is 2.52 bits per heavy atom. The lowest BCUT2D eigenvalue weighted by molar-refractivity contribution is -0.385. The molecule has 138 valence electrons. The quantitative estimate of drug-likeness (QED) is 0.369. The Bertz CT molecular complexity index is 976. The third-order valence-corrected chi connectivity index (χ3v) is 3.59. The molecule has 0 atom stereocenters. The molecular formula is C18H12F3N3O3. The first kappa shape index (κ1) is 19.7. The van der Waals surface area contributed by atoms with Crippen LogP contribution in [0.3, 0.4) is 0 Å². The predicted molar refractivity (Wildman–Crippen MR) is 91.5 cm³/mol. The fourth-order valence-corrected chi connectivity index (χ4v) is 2.26. The first-order chi connectivity index (χ1) is 12.6. The molecule has 0 aliphatic rings. The molecule has 0 saturated heterocycles. The van der Waals surface area contributed by atoms with Crippen LogP contribution >= 0.6 is 0 Å². The van der Waals surface area contributed by atoms with Crippen molar-refractivity contribution in [2.75, 3.05) is 5.32 Å². The number of alkyl halides is 3. The van der Waals surface area contributed by atoms with Crippen molar-refractivity contribution in [3.8, 4) is 6.07 Å². The highest BCUT2D eigenvalue weighted by Crippen LogP contribution is 2.34. The molecule has 1 N–H and O–H groups in total. The van der Waals surface area contributed by atoms with Crippen LogP contribution in [0, 0.1) is 28.4 Å². The molecule has 0 heterocycles. The normalized spacial score (nSPS) is 11.6. The van der Waals surface area contributed by atoms with Crippen LogP contribution in [-0.4, -0.2) is 10.8 Å². The minimum Gasteiger partial charge on any atom is -0.321 e. The van der Waals surface area contributed by atoms with Gasteiger partial charge in [-0.15, -0.1) is 0 Å². The molecule has 2 aromatic carbocycles. The SMILES string of the molecule is Cc1ccc(/C=C(\C#N)C(=O)Nc2ccccc2C(F)(F)F)cc1[N+](=O)[O-]. The maximum absolute atomic E-state index is 13.0. The van der Waals surface area contributed by atoms with Gasteiger partial charge in [-0.3, -0.25) is 14.9 Å². The Balaban J connectivity index is 2.36. The highest BCUT2D eigenvalue weighted by atomic mass is 19.4. The van der Waals surface area contributed by atoms with Gasteiger partial charge in [0.15, 0.2) is 0 Å². The number of carbonyl (C=O) groups is 1. The lowest BCUT2D eigenvalue weighted by Crippen LogP contribution is -2.17. The number of rotatable bonds is 4. The predicted octanol–water partition coefficient (Wildman–Crippen LogP) is 4.47. The maximum Gasteiger partial charge on any atom is 0.418 e. The summed E-state index contributed by atoms with van der Waals surface area (Å²) in [6, 6.07) is 10.00. The molecule has 6 nitrogen and oxygen atoms in total. The zero-order valence-electron chi connectivity index (χ0n) is 13.9. The van der Waals surface area contributed by atoms with Crippen molar-refractivity contribution in [2.45, 2.75) is 13.1 Å². The molecule has 0 unspecified atom stereocenters. The molecule has 27 heavy (non-hydrogen) atoms. The van der Waals surface area contributed by atoms with E-state index in [-0.39, 0.29) is 11.3 Å². The highest BCUT2D eigenvalue weighted by molar-refractivity contribution is 6.10. The minimum absolute atomic E-state index is 0.197. The van der Waals surface area contributed by atoms with Gasteiger partial charge in [0.05, 0.1) is 16.2 Å². The second-order valence-electron chi connectivity index (χ2n) is 5.47. The molecule has 2 aromatic rings. The average Bonchev–Trinajstić information content (AvgIpc) is 2.60. The smallest absolute Gasteiger partial charge is 0.321 e. The van der Waals surface area contributed by atoms with E-state index in [4.69, 9.17) is 5.26 Å². The van der Waals surface area contributed by atoms with E-state index >= 15 is 0 Å². The van der Waals surface area contributed by atoms with Crippen molar-refractivity contribution in [1.82, 2.24) is 0 Å². The van der Waals surface area contributed by atoms with E-state index in [1.165, 1.54) is 37.3 Å². The van der Waals surface area contributed by atoms with Gasteiger partial charge in [0.2, 0.25) is 0 Å². The number of nitro groups is 1. The number of hydrogen-bond acceptors (Lipinski definition) is 4. The number of nitro benzene ring substituents is 1. The Morgan fingerprint density at radius 1 is 1.26 bits per heavy atom. The molecule has 9 heteroatoms. The van der Waals surface area contributed by atoms with Crippen LogP contribution in [0.1, 0.15) is 16.7 Å². The summed E-state index contributed by atoms with van der Waals surface area (Å²) in [6.45, 7) is 1.53. The molecule has 0 spiro atoms. The van der Waals surface area contributed by atoms with E-state index < -0.39 is 33.8 Å². The van der Waals surface area contributed by atoms with Crippen molar-refractivity contribution in [3.05, 3.63) is 74.8 Å². The third-order valence-electron chi connectivity index (χ3n) is 3.59. The fraction of sp³-hybridized carbons (Fsp3) is 0.111. The van der Waals surface area contributed by atoms with E-state index in [1.807, 2.05) is 0 Å². The number of nitrogens with one attached hydrogen (secondary N) is 1. The van der Waals surface area contributed by atoms with Crippen molar-refractivity contribution >= 4 is 23.4 Å². The summed E-state index contributed by atoms with van der Waals surface area (Å²) < 4.78 is 39.0. The third kappa shape index (κ3) is 4.70. The number of halogens is 3. The van der Waals surface area contributed by atoms with Gasteiger partial charge in [-0.05, 0) is 30.7 Å². The molecule has 0 aromatic heterocycles. The Morgan fingerprint density at radius 2 is 1.93 bits per heavy atom. The van der Waals surface area contributed by atoms with Crippen molar-refractivity contribution in [2.24, 2.45) is 0 Å². The van der Waals surface area contributed by atoms with Crippen LogP contribution in [0.2, 0.25) is 0 Å². The number of aryl methyl sites for hydroxylation is 1. The van der Waals surface area contributed by atoms with E-state index in [9.17, 15) is 28.1 Å². The molecule has 0 saturated carbocycles. The summed E-state index contributed by atoms with van der Waals surface area (Å²) in [6.07, 6.45) is -3.62. The summed E-state index contributed by atoms with van der Waals surface area (Å²) in [5, 5.41) is 22.2.